The Balaban J connectivity index is 1.23. The van der Waals surface area contributed by atoms with E-state index in [9.17, 15) is 18.0 Å². The van der Waals surface area contributed by atoms with Gasteiger partial charge in [-0.1, -0.05) is 0 Å². The zero-order valence-corrected chi connectivity index (χ0v) is 19.2. The molecule has 3 aliphatic rings. The molecule has 1 spiro atoms. The summed E-state index contributed by atoms with van der Waals surface area (Å²) in [5.74, 6) is -2.52. The number of halogens is 2. The van der Waals surface area contributed by atoms with Crippen LogP contribution in [0.4, 0.5) is 14.5 Å². The molecular weight excluding hydrogens is 468 g/mol. The van der Waals surface area contributed by atoms with Crippen LogP contribution in [0.25, 0.3) is 0 Å². The predicted molar refractivity (Wildman–Crippen MR) is 119 cm³/mol. The minimum absolute atomic E-state index is 0.138. The van der Waals surface area contributed by atoms with Crippen LogP contribution in [0.2, 0.25) is 0 Å². The number of carbonyl (C=O) groups excluding carboxylic acids is 2. The highest BCUT2D eigenvalue weighted by Gasteiger charge is 2.50. The lowest BCUT2D eigenvalue weighted by molar-refractivity contribution is -0.120. The van der Waals surface area contributed by atoms with E-state index in [1.54, 1.807) is 11.0 Å². The van der Waals surface area contributed by atoms with Crippen molar-refractivity contribution in [3.8, 4) is 0 Å². The second-order valence-electron chi connectivity index (χ2n) is 9.53. The number of anilines is 1. The first-order valence-electron chi connectivity index (χ1n) is 11.2. The highest BCUT2D eigenvalue weighted by molar-refractivity contribution is 7.92. The van der Waals surface area contributed by atoms with Crippen molar-refractivity contribution in [1.29, 1.82) is 0 Å². The summed E-state index contributed by atoms with van der Waals surface area (Å²) < 4.78 is 58.2. The maximum absolute atomic E-state index is 15.0. The smallest absolute Gasteiger partial charge is 0.287 e. The number of piperidine rings is 1. The Labute approximate surface area is 195 Å². The predicted octanol–water partition coefficient (Wildman–Crippen LogP) is 1.97. The number of hydrogen-bond donors (Lipinski definition) is 2. The van der Waals surface area contributed by atoms with E-state index in [-0.39, 0.29) is 58.8 Å². The fraction of sp³-hybridized carbons (Fsp3) is 0.478. The van der Waals surface area contributed by atoms with Crippen LogP contribution in [0.1, 0.15) is 41.3 Å². The second-order valence-corrected chi connectivity index (χ2v) is 11.6. The van der Waals surface area contributed by atoms with Gasteiger partial charge in [0.25, 0.3) is 5.91 Å². The van der Waals surface area contributed by atoms with E-state index in [4.69, 9.17) is 4.42 Å². The van der Waals surface area contributed by atoms with E-state index in [1.807, 2.05) is 0 Å². The molecule has 0 bridgehead atoms. The van der Waals surface area contributed by atoms with Gasteiger partial charge < -0.3 is 20.0 Å². The third-order valence-electron chi connectivity index (χ3n) is 7.07. The first-order valence-corrected chi connectivity index (χ1v) is 13.0. The van der Waals surface area contributed by atoms with Crippen LogP contribution >= 0.6 is 0 Å². The van der Waals surface area contributed by atoms with E-state index in [0.717, 1.165) is 0 Å². The molecule has 2 amide bonds. The molecule has 0 saturated carbocycles. The van der Waals surface area contributed by atoms with Crippen molar-refractivity contribution in [3.63, 3.8) is 0 Å². The number of sulfone groups is 1. The summed E-state index contributed by atoms with van der Waals surface area (Å²) in [5.41, 5.74) is -0.151. The van der Waals surface area contributed by atoms with E-state index < -0.39 is 33.3 Å². The largest absolute Gasteiger partial charge is 0.459 e. The zero-order valence-electron chi connectivity index (χ0n) is 18.4. The number of nitrogens with one attached hydrogen (secondary N) is 2. The lowest BCUT2D eigenvalue weighted by Gasteiger charge is -2.47. The number of carbonyl (C=O) groups is 2. The maximum Gasteiger partial charge on any atom is 0.287 e. The summed E-state index contributed by atoms with van der Waals surface area (Å²) in [6.07, 6.45) is 2.82. The van der Waals surface area contributed by atoms with E-state index >= 15 is 8.78 Å². The number of nitrogens with zero attached hydrogens (tertiary/aromatic N) is 1. The number of benzene rings is 1. The van der Waals surface area contributed by atoms with Crippen LogP contribution in [0.5, 0.6) is 0 Å². The Hall–Kier alpha value is -2.95. The van der Waals surface area contributed by atoms with Crippen molar-refractivity contribution >= 4 is 27.3 Å². The van der Waals surface area contributed by atoms with Gasteiger partial charge in [0, 0.05) is 31.1 Å². The van der Waals surface area contributed by atoms with Crippen molar-refractivity contribution in [1.82, 2.24) is 10.6 Å². The fourth-order valence-corrected chi connectivity index (χ4v) is 7.72. The van der Waals surface area contributed by atoms with Gasteiger partial charge in [-0.2, -0.15) is 0 Å². The number of rotatable bonds is 5. The monoisotopic (exact) mass is 493 g/mol. The third kappa shape index (κ3) is 4.28. The van der Waals surface area contributed by atoms with Gasteiger partial charge in [0.05, 0.1) is 23.7 Å². The Morgan fingerprint density at radius 2 is 1.88 bits per heavy atom. The first-order chi connectivity index (χ1) is 16.1. The van der Waals surface area contributed by atoms with Crippen molar-refractivity contribution in [3.05, 3.63) is 53.5 Å². The van der Waals surface area contributed by atoms with E-state index in [1.165, 1.54) is 24.5 Å². The molecule has 0 radical (unpaired) electrons. The maximum atomic E-state index is 15.0. The summed E-state index contributed by atoms with van der Waals surface area (Å²) in [7, 11) is -2.97. The molecule has 1 aromatic heterocycles. The van der Waals surface area contributed by atoms with Crippen molar-refractivity contribution in [2.24, 2.45) is 5.41 Å². The van der Waals surface area contributed by atoms with Gasteiger partial charge in [-0.25, -0.2) is 17.2 Å². The van der Waals surface area contributed by atoms with Gasteiger partial charge in [-0.3, -0.25) is 9.59 Å². The summed E-state index contributed by atoms with van der Waals surface area (Å²) in [4.78, 5) is 26.1. The van der Waals surface area contributed by atoms with Crippen LogP contribution in [0, 0.1) is 17.0 Å². The fourth-order valence-electron chi connectivity index (χ4n) is 5.36. The number of furan rings is 1. The quantitative estimate of drug-likeness (QED) is 0.660. The van der Waals surface area contributed by atoms with Crippen LogP contribution in [-0.4, -0.2) is 57.4 Å². The molecule has 34 heavy (non-hydrogen) atoms. The highest BCUT2D eigenvalue weighted by atomic mass is 32.2. The van der Waals surface area contributed by atoms with Crippen molar-refractivity contribution in [2.45, 2.75) is 31.2 Å². The Bertz CT molecular complexity index is 1190. The standard InChI is InChI=1S/C23H25F2N3O5S/c24-17-8-14(16-10-15(27-21(16)29)11-26-22(30)19-2-1-7-33-19)9-18(25)20(17)28-5-3-23(4-6-28)12-34(31,32)13-23/h1-2,7-9,15-16H,3-6,10-13H2,(H,26,30)(H,27,29)/t15?,16-/m0/s1. The highest BCUT2D eigenvalue weighted by Crippen LogP contribution is 2.44. The molecule has 8 nitrogen and oxygen atoms in total. The Morgan fingerprint density at radius 1 is 1.21 bits per heavy atom. The third-order valence-corrected chi connectivity index (χ3v) is 9.18. The van der Waals surface area contributed by atoms with Gasteiger partial charge in [0.2, 0.25) is 5.91 Å². The average molecular weight is 494 g/mol. The van der Waals surface area contributed by atoms with Crippen molar-refractivity contribution < 1.29 is 31.2 Å². The molecule has 2 aromatic rings. The molecule has 2 N–H and O–H groups in total. The van der Waals surface area contributed by atoms with Gasteiger partial charge >= 0.3 is 0 Å². The molecule has 11 heteroatoms. The van der Waals surface area contributed by atoms with Crippen LogP contribution < -0.4 is 15.5 Å². The Morgan fingerprint density at radius 3 is 2.47 bits per heavy atom. The van der Waals surface area contributed by atoms with E-state index in [2.05, 4.69) is 10.6 Å². The summed E-state index contributed by atoms with van der Waals surface area (Å²) in [5, 5.41) is 5.44. The lowest BCUT2D eigenvalue weighted by Crippen LogP contribution is -2.54. The van der Waals surface area contributed by atoms with Crippen molar-refractivity contribution in [2.75, 3.05) is 36.0 Å². The summed E-state index contributed by atoms with van der Waals surface area (Å²) in [6, 6.07) is 5.14. The minimum Gasteiger partial charge on any atom is -0.459 e. The summed E-state index contributed by atoms with van der Waals surface area (Å²) in [6.45, 7) is 0.921. The normalized spacial score (nSPS) is 25.1. The SMILES string of the molecule is O=C(NCC1C[C@@H](c2cc(F)c(N3CCC4(CC3)CS(=O)(=O)C4)c(F)c2)C(=O)N1)c1ccco1. The molecule has 4 heterocycles. The molecular formula is C23H25F2N3O5S. The van der Waals surface area contributed by atoms with Gasteiger partial charge in [0.15, 0.2) is 15.6 Å². The minimum atomic E-state index is -2.97. The van der Waals surface area contributed by atoms with Gasteiger partial charge in [-0.15, -0.1) is 0 Å². The molecule has 3 saturated heterocycles. The molecule has 1 unspecified atom stereocenters. The molecule has 0 aliphatic carbocycles. The molecule has 2 atom stereocenters. The van der Waals surface area contributed by atoms with Gasteiger partial charge in [-0.05, 0) is 49.1 Å². The number of amides is 2. The Kier molecular flexibility index (Phi) is 5.62. The zero-order chi connectivity index (χ0) is 24.1. The van der Waals surface area contributed by atoms with Crippen LogP contribution in [0.15, 0.2) is 34.9 Å². The molecule has 1 aromatic carbocycles. The second kappa shape index (κ2) is 8.37. The van der Waals surface area contributed by atoms with Crippen LogP contribution in [0.3, 0.4) is 0 Å². The molecule has 5 rings (SSSR count). The van der Waals surface area contributed by atoms with Crippen LogP contribution in [-0.2, 0) is 14.6 Å². The molecule has 182 valence electrons. The van der Waals surface area contributed by atoms with Gasteiger partial charge in [0.1, 0.15) is 17.3 Å². The summed E-state index contributed by atoms with van der Waals surface area (Å²) >= 11 is 0. The first kappa shape index (κ1) is 22.8. The average Bonchev–Trinajstić information content (AvgIpc) is 3.41. The number of hydrogen-bond acceptors (Lipinski definition) is 6. The lowest BCUT2D eigenvalue weighted by atomic mass is 9.81. The molecule has 3 aliphatic heterocycles. The topological polar surface area (TPSA) is 109 Å². The van der Waals surface area contributed by atoms with E-state index in [0.29, 0.717) is 25.9 Å². The molecule has 3 fully saturated rings.